The quantitative estimate of drug-likeness (QED) is 0.247. The first-order valence-corrected chi connectivity index (χ1v) is 14.9. The Morgan fingerprint density at radius 3 is 0.788 bits per heavy atom. The second kappa shape index (κ2) is 11.2. The molecule has 0 aliphatic rings. The first-order chi connectivity index (χ1) is 16.0. The van der Waals surface area contributed by atoms with E-state index in [0.717, 1.165) is 0 Å². The molecule has 0 saturated heterocycles. The summed E-state index contributed by atoms with van der Waals surface area (Å²) >= 11 is 0. The van der Waals surface area contributed by atoms with Gasteiger partial charge in [0.2, 0.25) is 0 Å². The summed E-state index contributed by atoms with van der Waals surface area (Å²) in [5, 5.41) is 5.98. The zero-order chi connectivity index (χ0) is 23.2. The fourth-order valence-corrected chi connectivity index (χ4v) is 8.96. The molecule has 0 spiro atoms. The summed E-state index contributed by atoms with van der Waals surface area (Å²) in [5.74, 6) is 0. The van der Waals surface area contributed by atoms with E-state index in [1.807, 2.05) is 0 Å². The first kappa shape index (κ1) is 23.9. The highest BCUT2D eigenvalue weighted by molar-refractivity contribution is 7.74. The van der Waals surface area contributed by atoms with E-state index in [1.165, 1.54) is 62.2 Å². The molecule has 0 amide bonds. The molecule has 0 unspecified atom stereocenters. The van der Waals surface area contributed by atoms with E-state index < -0.39 is 0 Å². The van der Waals surface area contributed by atoms with Crippen LogP contribution in [0.5, 0.6) is 0 Å². The molecule has 4 aromatic carbocycles. The van der Waals surface area contributed by atoms with E-state index >= 15 is 0 Å². The van der Waals surface area contributed by atoms with Gasteiger partial charge in [-0.1, -0.05) is 119 Å². The summed E-state index contributed by atoms with van der Waals surface area (Å²) in [4.78, 5) is 0. The van der Waals surface area contributed by atoms with Gasteiger partial charge in [0.1, 0.15) is 0 Å². The molecule has 168 valence electrons. The topological polar surface area (TPSA) is 0 Å². The van der Waals surface area contributed by atoms with E-state index in [1.54, 1.807) is 0 Å². The van der Waals surface area contributed by atoms with Crippen molar-refractivity contribution in [3.05, 3.63) is 119 Å². The summed E-state index contributed by atoms with van der Waals surface area (Å²) in [6.07, 6.45) is 3.71. The summed E-state index contributed by atoms with van der Waals surface area (Å²) in [6.45, 7) is 8.70. The number of rotatable bonds is 8. The molecule has 0 N–H and O–H groups in total. The summed E-state index contributed by atoms with van der Waals surface area (Å²) in [7, 11) is -0.688. The lowest BCUT2D eigenvalue weighted by molar-refractivity contribution is 1.11. The van der Waals surface area contributed by atoms with Crippen LogP contribution in [0, 0.1) is 27.7 Å². The highest BCUT2D eigenvalue weighted by Gasteiger charge is 2.17. The van der Waals surface area contributed by atoms with Gasteiger partial charge < -0.3 is 0 Å². The summed E-state index contributed by atoms with van der Waals surface area (Å²) in [6, 6.07) is 37.0. The monoisotopic (exact) mass is 468 g/mol. The van der Waals surface area contributed by atoms with Crippen LogP contribution in [-0.2, 0) is 0 Å². The van der Waals surface area contributed by atoms with Gasteiger partial charge in [-0.25, -0.2) is 0 Å². The minimum absolute atomic E-state index is 0.344. The van der Waals surface area contributed by atoms with Crippen molar-refractivity contribution in [3.8, 4) is 0 Å². The van der Waals surface area contributed by atoms with Gasteiger partial charge in [-0.2, -0.15) is 0 Å². The fourth-order valence-electron chi connectivity index (χ4n) is 4.10. The lowest BCUT2D eigenvalue weighted by Crippen LogP contribution is -2.17. The zero-order valence-electron chi connectivity index (χ0n) is 20.3. The van der Waals surface area contributed by atoms with Crippen molar-refractivity contribution in [3.63, 3.8) is 0 Å². The van der Waals surface area contributed by atoms with Crippen molar-refractivity contribution in [2.75, 3.05) is 12.3 Å². The molecule has 0 aliphatic heterocycles. The Balaban J connectivity index is 1.57. The highest BCUT2D eigenvalue weighted by atomic mass is 31.1. The fraction of sp³-hybridized carbons (Fsp3) is 0.226. The van der Waals surface area contributed by atoms with Gasteiger partial charge in [0.05, 0.1) is 0 Å². The Bertz CT molecular complexity index is 956. The van der Waals surface area contributed by atoms with Gasteiger partial charge in [-0.3, -0.25) is 0 Å². The maximum absolute atomic E-state index is 2.35. The minimum atomic E-state index is -0.344. The number of hydrogen-bond donors (Lipinski definition) is 0. The minimum Gasteiger partial charge on any atom is -0.0587 e. The summed E-state index contributed by atoms with van der Waals surface area (Å²) < 4.78 is 0. The molecule has 0 aromatic heterocycles. The second-order valence-electron chi connectivity index (χ2n) is 9.00. The van der Waals surface area contributed by atoms with Crippen molar-refractivity contribution in [2.45, 2.75) is 34.1 Å². The normalized spacial score (nSPS) is 11.3. The van der Waals surface area contributed by atoms with Gasteiger partial charge in [0, 0.05) is 0 Å². The third kappa shape index (κ3) is 6.41. The maximum atomic E-state index is 2.35. The van der Waals surface area contributed by atoms with E-state index in [-0.39, 0.29) is 15.8 Å². The average Bonchev–Trinajstić information content (AvgIpc) is 2.82. The van der Waals surface area contributed by atoms with Crippen LogP contribution in [0.2, 0.25) is 0 Å². The molecule has 0 atom stereocenters. The second-order valence-corrected chi connectivity index (χ2v) is 13.7. The van der Waals surface area contributed by atoms with Crippen LogP contribution in [0.3, 0.4) is 0 Å². The molecular weight excluding hydrogens is 434 g/mol. The number of aryl methyl sites for hydroxylation is 4. The van der Waals surface area contributed by atoms with Gasteiger partial charge in [0.25, 0.3) is 0 Å². The third-order valence-electron chi connectivity index (χ3n) is 6.15. The Hall–Kier alpha value is -2.26. The van der Waals surface area contributed by atoms with E-state index in [0.29, 0.717) is 0 Å². The molecule has 4 aromatic rings. The Kier molecular flexibility index (Phi) is 8.14. The van der Waals surface area contributed by atoms with Crippen molar-refractivity contribution < 1.29 is 0 Å². The average molecular weight is 469 g/mol. The molecule has 0 fully saturated rings. The maximum Gasteiger partial charge on any atom is -0.0195 e. The Morgan fingerprint density at radius 1 is 0.364 bits per heavy atom. The molecule has 4 rings (SSSR count). The highest BCUT2D eigenvalue weighted by Crippen LogP contribution is 2.39. The van der Waals surface area contributed by atoms with Crippen molar-refractivity contribution in [1.82, 2.24) is 0 Å². The van der Waals surface area contributed by atoms with Gasteiger partial charge in [-0.05, 0) is 83.5 Å². The van der Waals surface area contributed by atoms with Crippen LogP contribution in [0.1, 0.15) is 28.7 Å². The molecule has 0 radical (unpaired) electrons. The van der Waals surface area contributed by atoms with Crippen LogP contribution in [0.25, 0.3) is 0 Å². The van der Waals surface area contributed by atoms with Gasteiger partial charge in [-0.15, -0.1) is 0 Å². The number of benzene rings is 4. The van der Waals surface area contributed by atoms with Crippen LogP contribution in [0.15, 0.2) is 97.1 Å². The van der Waals surface area contributed by atoms with Crippen LogP contribution in [0.4, 0.5) is 0 Å². The van der Waals surface area contributed by atoms with Gasteiger partial charge >= 0.3 is 0 Å². The summed E-state index contributed by atoms with van der Waals surface area (Å²) in [5.41, 5.74) is 5.33. The molecule has 0 bridgehead atoms. The first-order valence-electron chi connectivity index (χ1n) is 11.8. The molecule has 2 heteroatoms. The predicted molar refractivity (Wildman–Crippen MR) is 151 cm³/mol. The van der Waals surface area contributed by atoms with Gasteiger partial charge in [0.15, 0.2) is 0 Å². The standard InChI is InChI=1S/C31H34P2/c1-24-6-14-28(15-7-24)32(29-16-8-25(2)9-17-29)22-5-23-33(30-18-10-26(3)11-19-30)31-20-12-27(4)13-21-31/h6-21H,5,22-23H2,1-4H3. The molecular formula is C31H34P2. The molecule has 33 heavy (non-hydrogen) atoms. The van der Waals surface area contributed by atoms with E-state index in [4.69, 9.17) is 0 Å². The van der Waals surface area contributed by atoms with Crippen LogP contribution < -0.4 is 21.2 Å². The van der Waals surface area contributed by atoms with Crippen LogP contribution in [-0.4, -0.2) is 12.3 Å². The SMILES string of the molecule is Cc1ccc(P(CCCP(c2ccc(C)cc2)c2ccc(C)cc2)c2ccc(C)cc2)cc1. The zero-order valence-corrected chi connectivity index (χ0v) is 22.0. The Labute approximate surface area is 202 Å². The Morgan fingerprint density at radius 2 is 0.576 bits per heavy atom. The van der Waals surface area contributed by atoms with E-state index in [2.05, 4.69) is 125 Å². The largest absolute Gasteiger partial charge is 0.0587 e. The predicted octanol–water partition coefficient (Wildman–Crippen LogP) is 6.88. The van der Waals surface area contributed by atoms with E-state index in [9.17, 15) is 0 Å². The smallest absolute Gasteiger partial charge is 0.0195 e. The lowest BCUT2D eigenvalue weighted by Gasteiger charge is -2.23. The number of hydrogen-bond acceptors (Lipinski definition) is 0. The van der Waals surface area contributed by atoms with Crippen molar-refractivity contribution in [1.29, 1.82) is 0 Å². The molecule has 0 heterocycles. The lowest BCUT2D eigenvalue weighted by atomic mass is 10.2. The van der Waals surface area contributed by atoms with Crippen molar-refractivity contribution >= 4 is 37.1 Å². The molecule has 0 saturated carbocycles. The third-order valence-corrected chi connectivity index (χ3v) is 11.4. The molecule has 0 nitrogen and oxygen atoms in total. The molecule has 0 aliphatic carbocycles. The van der Waals surface area contributed by atoms with Crippen LogP contribution >= 0.6 is 15.8 Å². The van der Waals surface area contributed by atoms with Crippen molar-refractivity contribution in [2.24, 2.45) is 0 Å².